The summed E-state index contributed by atoms with van der Waals surface area (Å²) < 4.78 is 33.1. The lowest BCUT2D eigenvalue weighted by atomic mass is 9.96. The summed E-state index contributed by atoms with van der Waals surface area (Å²) in [7, 11) is -3.18. The van der Waals surface area contributed by atoms with Crippen LogP contribution in [0.1, 0.15) is 32.2 Å². The molecule has 6 nitrogen and oxygen atoms in total. The first kappa shape index (κ1) is 15.5. The van der Waals surface area contributed by atoms with E-state index in [2.05, 4.69) is 10.1 Å². The molecule has 1 heterocycles. The van der Waals surface area contributed by atoms with Crippen LogP contribution in [-0.4, -0.2) is 24.8 Å². The van der Waals surface area contributed by atoms with Crippen LogP contribution in [-0.2, 0) is 21.9 Å². The highest BCUT2D eigenvalue weighted by Crippen LogP contribution is 2.21. The second kappa shape index (κ2) is 5.48. The molecule has 0 aliphatic heterocycles. The van der Waals surface area contributed by atoms with Crippen molar-refractivity contribution in [1.29, 1.82) is 0 Å². The third kappa shape index (κ3) is 4.04. The number of aromatic nitrogens is 2. The Balaban J connectivity index is 2.02. The van der Waals surface area contributed by atoms with Crippen LogP contribution in [0.25, 0.3) is 0 Å². The van der Waals surface area contributed by atoms with Gasteiger partial charge in [0, 0.05) is 11.7 Å². The summed E-state index contributed by atoms with van der Waals surface area (Å²) in [6.07, 6.45) is 1.28. The number of rotatable bonds is 4. The van der Waals surface area contributed by atoms with E-state index in [4.69, 9.17) is 9.26 Å². The molecule has 21 heavy (non-hydrogen) atoms. The molecule has 0 atom stereocenters. The zero-order chi connectivity index (χ0) is 15.7. The first-order valence-corrected chi connectivity index (χ1v) is 8.31. The predicted molar refractivity (Wildman–Crippen MR) is 76.9 cm³/mol. The van der Waals surface area contributed by atoms with E-state index < -0.39 is 9.84 Å². The minimum Gasteiger partial charge on any atom is -0.444 e. The maximum Gasteiger partial charge on any atom is 0.417 e. The third-order valence-corrected chi connectivity index (χ3v) is 3.92. The molecule has 0 saturated carbocycles. The largest absolute Gasteiger partial charge is 0.444 e. The summed E-state index contributed by atoms with van der Waals surface area (Å²) in [5.41, 5.74) is 0.611. The molecule has 0 aliphatic carbocycles. The van der Waals surface area contributed by atoms with Crippen LogP contribution in [0, 0.1) is 0 Å². The van der Waals surface area contributed by atoms with Gasteiger partial charge in [-0.3, -0.25) is 4.52 Å². The highest BCUT2D eigenvalue weighted by molar-refractivity contribution is 7.90. The third-order valence-electron chi connectivity index (χ3n) is 2.79. The van der Waals surface area contributed by atoms with Crippen molar-refractivity contribution in [3.05, 3.63) is 35.7 Å². The second-order valence-corrected chi connectivity index (χ2v) is 7.85. The molecule has 0 saturated heterocycles. The lowest BCUT2D eigenvalue weighted by Gasteiger charge is -2.10. The van der Waals surface area contributed by atoms with Gasteiger partial charge in [0.2, 0.25) is 0 Å². The Labute approximate surface area is 124 Å². The molecule has 1 aromatic heterocycles. The Morgan fingerprint density at radius 3 is 2.29 bits per heavy atom. The van der Waals surface area contributed by atoms with Gasteiger partial charge in [0.1, 0.15) is 6.61 Å². The minimum absolute atomic E-state index is 0.104. The number of benzene rings is 1. The van der Waals surface area contributed by atoms with E-state index in [1.165, 1.54) is 6.26 Å². The molecule has 0 amide bonds. The van der Waals surface area contributed by atoms with Gasteiger partial charge in [0.15, 0.2) is 15.7 Å². The second-order valence-electron chi connectivity index (χ2n) is 5.84. The minimum atomic E-state index is -3.18. The summed E-state index contributed by atoms with van der Waals surface area (Å²) in [5, 5.41) is 3.86. The molecule has 0 fully saturated rings. The molecular formula is C14H18N2O4S. The highest BCUT2D eigenvalue weighted by atomic mass is 32.2. The van der Waals surface area contributed by atoms with Crippen molar-refractivity contribution in [3.63, 3.8) is 0 Å². The zero-order valence-electron chi connectivity index (χ0n) is 12.5. The van der Waals surface area contributed by atoms with Crippen molar-refractivity contribution in [3.8, 4) is 6.08 Å². The predicted octanol–water partition coefficient (Wildman–Crippen LogP) is 2.35. The number of sulfone groups is 1. The molecule has 0 radical (unpaired) electrons. The van der Waals surface area contributed by atoms with E-state index >= 15 is 0 Å². The first-order chi connectivity index (χ1) is 9.66. The Hall–Kier alpha value is -1.89. The summed E-state index contributed by atoms with van der Waals surface area (Å²) in [5.74, 6) is 0.574. The van der Waals surface area contributed by atoms with Crippen LogP contribution in [0.15, 0.2) is 33.7 Å². The molecule has 0 N–H and O–H groups in total. The van der Waals surface area contributed by atoms with Gasteiger partial charge in [0.05, 0.1) is 4.90 Å². The van der Waals surface area contributed by atoms with Gasteiger partial charge in [0.25, 0.3) is 0 Å². The quantitative estimate of drug-likeness (QED) is 0.862. The van der Waals surface area contributed by atoms with Crippen LogP contribution in [0.5, 0.6) is 6.08 Å². The Kier molecular flexibility index (Phi) is 4.04. The van der Waals surface area contributed by atoms with Gasteiger partial charge in [-0.15, -0.1) is 0 Å². The zero-order valence-corrected chi connectivity index (χ0v) is 13.3. The van der Waals surface area contributed by atoms with E-state index in [1.54, 1.807) is 24.3 Å². The van der Waals surface area contributed by atoms with Crippen LogP contribution in [0.3, 0.4) is 0 Å². The van der Waals surface area contributed by atoms with E-state index in [-0.39, 0.29) is 23.0 Å². The lowest BCUT2D eigenvalue weighted by molar-refractivity contribution is 0.194. The molecule has 7 heteroatoms. The number of ether oxygens (including phenoxy) is 1. The number of hydrogen-bond donors (Lipinski definition) is 0. The van der Waals surface area contributed by atoms with Crippen molar-refractivity contribution in [1.82, 2.24) is 10.1 Å². The van der Waals surface area contributed by atoms with Crippen molar-refractivity contribution in [2.45, 2.75) is 37.7 Å². The van der Waals surface area contributed by atoms with Gasteiger partial charge in [-0.05, 0) is 17.7 Å². The first-order valence-electron chi connectivity index (χ1n) is 6.42. The summed E-state index contributed by atoms with van der Waals surface area (Å²) in [6, 6.07) is 6.47. The Morgan fingerprint density at radius 1 is 1.19 bits per heavy atom. The van der Waals surface area contributed by atoms with Crippen LogP contribution >= 0.6 is 0 Å². The molecule has 2 rings (SSSR count). The maximum atomic E-state index is 11.4. The van der Waals surface area contributed by atoms with E-state index in [9.17, 15) is 8.42 Å². The lowest BCUT2D eigenvalue weighted by Crippen LogP contribution is -2.13. The molecule has 0 aliphatic rings. The number of nitrogens with zero attached hydrogens (tertiary/aromatic N) is 2. The Bertz CT molecular complexity index is 712. The summed E-state index contributed by atoms with van der Waals surface area (Å²) in [6.45, 7) is 6.17. The average Bonchev–Trinajstić information content (AvgIpc) is 2.84. The van der Waals surface area contributed by atoms with Gasteiger partial charge in [-0.25, -0.2) is 8.42 Å². The SMILES string of the molecule is CC(C)(C)c1noc(OCc2ccc(S(C)(=O)=O)cc2)n1. The van der Waals surface area contributed by atoms with Crippen LogP contribution in [0.4, 0.5) is 0 Å². The van der Waals surface area contributed by atoms with E-state index in [0.29, 0.717) is 5.82 Å². The molecule has 1 aromatic carbocycles. The average molecular weight is 310 g/mol. The topological polar surface area (TPSA) is 82.3 Å². The maximum absolute atomic E-state index is 11.4. The molecule has 0 spiro atoms. The number of hydrogen-bond acceptors (Lipinski definition) is 6. The van der Waals surface area contributed by atoms with Gasteiger partial charge < -0.3 is 4.74 Å². The fraction of sp³-hybridized carbons (Fsp3) is 0.429. The highest BCUT2D eigenvalue weighted by Gasteiger charge is 2.21. The van der Waals surface area contributed by atoms with Crippen molar-refractivity contribution >= 4 is 9.84 Å². The fourth-order valence-corrected chi connectivity index (χ4v) is 2.18. The molecule has 0 bridgehead atoms. The normalized spacial score (nSPS) is 12.4. The molecule has 0 unspecified atom stereocenters. The molecular weight excluding hydrogens is 292 g/mol. The molecule has 2 aromatic rings. The van der Waals surface area contributed by atoms with Gasteiger partial charge >= 0.3 is 6.08 Å². The summed E-state index contributed by atoms with van der Waals surface area (Å²) in [4.78, 5) is 4.43. The van der Waals surface area contributed by atoms with Crippen LogP contribution in [0.2, 0.25) is 0 Å². The van der Waals surface area contributed by atoms with Crippen molar-refractivity contribution < 1.29 is 17.7 Å². The van der Waals surface area contributed by atoms with Crippen molar-refractivity contribution in [2.24, 2.45) is 0 Å². The van der Waals surface area contributed by atoms with Gasteiger partial charge in [-0.1, -0.05) is 38.1 Å². The monoisotopic (exact) mass is 310 g/mol. The van der Waals surface area contributed by atoms with Crippen molar-refractivity contribution in [2.75, 3.05) is 6.26 Å². The van der Waals surface area contributed by atoms with Gasteiger partial charge in [-0.2, -0.15) is 4.98 Å². The summed E-state index contributed by atoms with van der Waals surface area (Å²) >= 11 is 0. The van der Waals surface area contributed by atoms with E-state index in [0.717, 1.165) is 5.56 Å². The smallest absolute Gasteiger partial charge is 0.417 e. The molecule has 114 valence electrons. The van der Waals surface area contributed by atoms with E-state index in [1.807, 2.05) is 20.8 Å². The standard InChI is InChI=1S/C14H18N2O4S/c1-14(2,3)12-15-13(20-16-12)19-9-10-5-7-11(8-6-10)21(4,17)18/h5-8H,9H2,1-4H3. The fourth-order valence-electron chi connectivity index (χ4n) is 1.55. The Morgan fingerprint density at radius 2 is 1.81 bits per heavy atom. The van der Waals surface area contributed by atoms with Crippen LogP contribution < -0.4 is 4.74 Å².